The highest BCUT2D eigenvalue weighted by molar-refractivity contribution is 5.98. The smallest absolute Gasteiger partial charge is 0.257 e. The second-order valence-corrected chi connectivity index (χ2v) is 4.38. The van der Waals surface area contributed by atoms with Crippen molar-refractivity contribution in [3.63, 3.8) is 0 Å². The van der Waals surface area contributed by atoms with Crippen LogP contribution in [0.2, 0.25) is 0 Å². The van der Waals surface area contributed by atoms with E-state index in [0.717, 1.165) is 25.9 Å². The minimum atomic E-state index is -0.0182. The number of methoxy groups -OCH3 is 3. The average molecular weight is 265 g/mol. The van der Waals surface area contributed by atoms with E-state index in [-0.39, 0.29) is 5.91 Å². The molecule has 0 aliphatic carbocycles. The molecule has 5 heteroatoms. The third-order valence-corrected chi connectivity index (χ3v) is 3.33. The van der Waals surface area contributed by atoms with Crippen LogP contribution in [0.25, 0.3) is 0 Å². The molecule has 1 aromatic carbocycles. The Morgan fingerprint density at radius 2 is 1.63 bits per heavy atom. The van der Waals surface area contributed by atoms with Crippen LogP contribution in [0, 0.1) is 0 Å². The molecule has 2 rings (SSSR count). The Morgan fingerprint density at radius 1 is 1.00 bits per heavy atom. The van der Waals surface area contributed by atoms with Crippen LogP contribution in [-0.2, 0) is 0 Å². The van der Waals surface area contributed by atoms with Crippen LogP contribution in [0.1, 0.15) is 23.2 Å². The van der Waals surface area contributed by atoms with Crippen molar-refractivity contribution in [1.29, 1.82) is 0 Å². The van der Waals surface area contributed by atoms with E-state index in [1.807, 2.05) is 4.90 Å². The van der Waals surface area contributed by atoms with Gasteiger partial charge in [0.15, 0.2) is 11.5 Å². The Hall–Kier alpha value is -1.91. The molecule has 19 heavy (non-hydrogen) atoms. The Kier molecular flexibility index (Phi) is 4.14. The van der Waals surface area contributed by atoms with Gasteiger partial charge in [-0.25, -0.2) is 0 Å². The fraction of sp³-hybridized carbons (Fsp3) is 0.500. The number of nitrogens with zero attached hydrogens (tertiary/aromatic N) is 1. The van der Waals surface area contributed by atoms with Crippen LogP contribution in [0.15, 0.2) is 12.1 Å². The van der Waals surface area contributed by atoms with E-state index in [1.54, 1.807) is 19.2 Å². The summed E-state index contributed by atoms with van der Waals surface area (Å²) in [6, 6.07) is 3.45. The van der Waals surface area contributed by atoms with Gasteiger partial charge in [-0.3, -0.25) is 4.79 Å². The summed E-state index contributed by atoms with van der Waals surface area (Å²) in [5.74, 6) is 1.42. The van der Waals surface area contributed by atoms with Gasteiger partial charge in [0.2, 0.25) is 5.75 Å². The lowest BCUT2D eigenvalue weighted by Crippen LogP contribution is -2.28. The lowest BCUT2D eigenvalue weighted by molar-refractivity contribution is 0.0788. The molecule has 0 atom stereocenters. The van der Waals surface area contributed by atoms with Crippen LogP contribution < -0.4 is 14.2 Å². The van der Waals surface area contributed by atoms with Crippen molar-refractivity contribution in [1.82, 2.24) is 4.90 Å². The van der Waals surface area contributed by atoms with Gasteiger partial charge in [-0.05, 0) is 25.0 Å². The Bertz CT molecular complexity index is 467. The number of carbonyl (C=O) groups excluding carboxylic acids is 1. The fourth-order valence-corrected chi connectivity index (χ4v) is 2.36. The van der Waals surface area contributed by atoms with E-state index in [4.69, 9.17) is 14.2 Å². The van der Waals surface area contributed by atoms with Gasteiger partial charge < -0.3 is 19.1 Å². The molecule has 1 aliphatic rings. The first-order valence-corrected chi connectivity index (χ1v) is 6.31. The number of amides is 1. The third kappa shape index (κ3) is 2.45. The molecule has 0 unspecified atom stereocenters. The Balaban J connectivity index is 2.42. The van der Waals surface area contributed by atoms with Gasteiger partial charge in [0.05, 0.1) is 26.9 Å². The first-order valence-electron chi connectivity index (χ1n) is 6.31. The van der Waals surface area contributed by atoms with Crippen LogP contribution in [0.3, 0.4) is 0 Å². The summed E-state index contributed by atoms with van der Waals surface area (Å²) in [6.45, 7) is 1.60. The molecule has 0 aromatic heterocycles. The molecule has 1 amide bonds. The topological polar surface area (TPSA) is 48.0 Å². The van der Waals surface area contributed by atoms with Gasteiger partial charge in [-0.15, -0.1) is 0 Å². The van der Waals surface area contributed by atoms with Crippen molar-refractivity contribution < 1.29 is 19.0 Å². The maximum atomic E-state index is 12.4. The molecular formula is C14H19NO4. The number of benzene rings is 1. The van der Waals surface area contributed by atoms with E-state index < -0.39 is 0 Å². The maximum absolute atomic E-state index is 12.4. The van der Waals surface area contributed by atoms with E-state index in [1.165, 1.54) is 14.2 Å². The molecule has 0 bridgehead atoms. The van der Waals surface area contributed by atoms with Crippen molar-refractivity contribution in [2.75, 3.05) is 34.4 Å². The molecule has 5 nitrogen and oxygen atoms in total. The molecule has 0 radical (unpaired) electrons. The summed E-state index contributed by atoms with van der Waals surface area (Å²) in [4.78, 5) is 14.3. The van der Waals surface area contributed by atoms with E-state index in [2.05, 4.69) is 0 Å². The summed E-state index contributed by atoms with van der Waals surface area (Å²) >= 11 is 0. The first-order chi connectivity index (χ1) is 9.22. The zero-order valence-electron chi connectivity index (χ0n) is 11.6. The molecule has 0 saturated carbocycles. The summed E-state index contributed by atoms with van der Waals surface area (Å²) in [5.41, 5.74) is 0.516. The second kappa shape index (κ2) is 5.82. The lowest BCUT2D eigenvalue weighted by atomic mass is 10.1. The van der Waals surface area contributed by atoms with Crippen LogP contribution in [-0.4, -0.2) is 45.2 Å². The monoisotopic (exact) mass is 265 g/mol. The standard InChI is InChI=1S/C14H19NO4/c1-17-11-7-6-10(12(18-2)13(11)19-3)14(16)15-8-4-5-9-15/h6-7H,4-5,8-9H2,1-3H3. The van der Waals surface area contributed by atoms with E-state index >= 15 is 0 Å². The maximum Gasteiger partial charge on any atom is 0.257 e. The minimum Gasteiger partial charge on any atom is -0.493 e. The minimum absolute atomic E-state index is 0.0182. The normalized spacial score (nSPS) is 14.4. The largest absolute Gasteiger partial charge is 0.493 e. The summed E-state index contributed by atoms with van der Waals surface area (Å²) in [6.07, 6.45) is 2.11. The van der Waals surface area contributed by atoms with E-state index in [0.29, 0.717) is 22.8 Å². The highest BCUT2D eigenvalue weighted by Crippen LogP contribution is 2.40. The molecule has 104 valence electrons. The van der Waals surface area contributed by atoms with Crippen LogP contribution in [0.4, 0.5) is 0 Å². The number of hydrogen-bond acceptors (Lipinski definition) is 4. The number of hydrogen-bond donors (Lipinski definition) is 0. The SMILES string of the molecule is COc1ccc(C(=O)N2CCCC2)c(OC)c1OC. The Labute approximate surface area is 113 Å². The number of likely N-dealkylation sites (tertiary alicyclic amines) is 1. The average Bonchev–Trinajstić information content (AvgIpc) is 2.98. The van der Waals surface area contributed by atoms with Gasteiger partial charge in [0, 0.05) is 13.1 Å². The van der Waals surface area contributed by atoms with Crippen molar-refractivity contribution >= 4 is 5.91 Å². The summed E-state index contributed by atoms with van der Waals surface area (Å²) in [5, 5.41) is 0. The molecule has 1 aromatic rings. The predicted octanol–water partition coefficient (Wildman–Crippen LogP) is 1.95. The quantitative estimate of drug-likeness (QED) is 0.835. The van der Waals surface area contributed by atoms with Gasteiger partial charge >= 0.3 is 0 Å². The van der Waals surface area contributed by atoms with Crippen molar-refractivity contribution in [3.8, 4) is 17.2 Å². The van der Waals surface area contributed by atoms with Gasteiger partial charge in [-0.1, -0.05) is 0 Å². The van der Waals surface area contributed by atoms with E-state index in [9.17, 15) is 4.79 Å². The zero-order chi connectivity index (χ0) is 13.8. The molecule has 0 N–H and O–H groups in total. The lowest BCUT2D eigenvalue weighted by Gasteiger charge is -2.19. The summed E-state index contributed by atoms with van der Waals surface area (Å²) in [7, 11) is 4.61. The molecule has 1 fully saturated rings. The summed E-state index contributed by atoms with van der Waals surface area (Å²) < 4.78 is 15.8. The molecule has 1 heterocycles. The van der Waals surface area contributed by atoms with Gasteiger partial charge in [-0.2, -0.15) is 0 Å². The van der Waals surface area contributed by atoms with Crippen molar-refractivity contribution in [2.45, 2.75) is 12.8 Å². The predicted molar refractivity (Wildman–Crippen MR) is 71.2 cm³/mol. The van der Waals surface area contributed by atoms with Crippen molar-refractivity contribution in [3.05, 3.63) is 17.7 Å². The number of carbonyl (C=O) groups is 1. The third-order valence-electron chi connectivity index (χ3n) is 3.33. The molecule has 0 spiro atoms. The van der Waals surface area contributed by atoms with Crippen LogP contribution in [0.5, 0.6) is 17.2 Å². The fourth-order valence-electron chi connectivity index (χ4n) is 2.36. The highest BCUT2D eigenvalue weighted by Gasteiger charge is 2.25. The number of ether oxygens (including phenoxy) is 3. The van der Waals surface area contributed by atoms with Gasteiger partial charge in [0.1, 0.15) is 0 Å². The molecule has 1 saturated heterocycles. The van der Waals surface area contributed by atoms with Gasteiger partial charge in [0.25, 0.3) is 5.91 Å². The van der Waals surface area contributed by atoms with Crippen molar-refractivity contribution in [2.24, 2.45) is 0 Å². The first kappa shape index (κ1) is 13.5. The highest BCUT2D eigenvalue weighted by atomic mass is 16.5. The molecular weight excluding hydrogens is 246 g/mol. The van der Waals surface area contributed by atoms with Crippen LogP contribution >= 0.6 is 0 Å². The Morgan fingerprint density at radius 3 is 2.16 bits per heavy atom. The number of rotatable bonds is 4. The second-order valence-electron chi connectivity index (χ2n) is 4.38. The zero-order valence-corrected chi connectivity index (χ0v) is 11.6. The molecule has 1 aliphatic heterocycles.